The van der Waals surface area contributed by atoms with E-state index in [2.05, 4.69) is 33.1 Å². The summed E-state index contributed by atoms with van der Waals surface area (Å²) in [4.78, 5) is 2.52. The minimum Gasteiger partial charge on any atom is -0.306 e. The van der Waals surface area contributed by atoms with E-state index in [1.54, 1.807) is 6.07 Å². The monoisotopic (exact) mass is 326 g/mol. The predicted octanol–water partition coefficient (Wildman–Crippen LogP) is 3.33. The highest BCUT2D eigenvalue weighted by Crippen LogP contribution is 2.30. The van der Waals surface area contributed by atoms with E-state index < -0.39 is 0 Å². The number of nitrogens with one attached hydrogen (secondary N) is 1. The summed E-state index contributed by atoms with van der Waals surface area (Å²) in [7, 11) is 0. The first kappa shape index (κ1) is 13.5. The molecule has 4 heteroatoms. The van der Waals surface area contributed by atoms with Crippen LogP contribution in [-0.2, 0) is 0 Å². The molecule has 2 bridgehead atoms. The largest absolute Gasteiger partial charge is 0.306 e. The lowest BCUT2D eigenvalue weighted by atomic mass is 9.83. The van der Waals surface area contributed by atoms with Gasteiger partial charge in [-0.25, -0.2) is 4.39 Å². The van der Waals surface area contributed by atoms with Crippen molar-refractivity contribution in [2.45, 2.75) is 31.8 Å². The van der Waals surface area contributed by atoms with Crippen molar-refractivity contribution in [3.05, 3.63) is 34.1 Å². The van der Waals surface area contributed by atoms with E-state index in [4.69, 9.17) is 0 Å². The first-order valence-corrected chi connectivity index (χ1v) is 7.86. The van der Waals surface area contributed by atoms with Crippen LogP contribution >= 0.6 is 15.9 Å². The second-order valence-electron chi connectivity index (χ2n) is 5.80. The lowest BCUT2D eigenvalue weighted by Gasteiger charge is -2.46. The Labute approximate surface area is 122 Å². The van der Waals surface area contributed by atoms with E-state index in [9.17, 15) is 4.39 Å². The molecule has 0 aromatic heterocycles. The Hall–Kier alpha value is -0.450. The van der Waals surface area contributed by atoms with Gasteiger partial charge in [-0.15, -0.1) is 0 Å². The van der Waals surface area contributed by atoms with Crippen LogP contribution in [0.15, 0.2) is 22.7 Å². The Morgan fingerprint density at radius 3 is 2.74 bits per heavy atom. The molecule has 104 valence electrons. The summed E-state index contributed by atoms with van der Waals surface area (Å²) in [6, 6.07) is 5.74. The van der Waals surface area contributed by atoms with Crippen molar-refractivity contribution in [1.29, 1.82) is 0 Å². The van der Waals surface area contributed by atoms with Gasteiger partial charge in [-0.2, -0.15) is 0 Å². The Bertz CT molecular complexity index is 457. The van der Waals surface area contributed by atoms with Crippen molar-refractivity contribution in [2.75, 3.05) is 19.6 Å². The van der Waals surface area contributed by atoms with Crippen LogP contribution in [0.4, 0.5) is 4.39 Å². The zero-order chi connectivity index (χ0) is 13.4. The third-order valence-electron chi connectivity index (χ3n) is 4.54. The quantitative estimate of drug-likeness (QED) is 0.916. The number of rotatable bonds is 3. The van der Waals surface area contributed by atoms with Crippen LogP contribution in [0.5, 0.6) is 0 Å². The number of fused-ring (bicyclic) bond motifs is 3. The molecule has 1 aromatic carbocycles. The maximum absolute atomic E-state index is 13.9. The van der Waals surface area contributed by atoms with Crippen molar-refractivity contribution in [2.24, 2.45) is 5.92 Å². The van der Waals surface area contributed by atoms with Crippen molar-refractivity contribution in [3.8, 4) is 0 Å². The Balaban J connectivity index is 1.71. The van der Waals surface area contributed by atoms with Gasteiger partial charge in [0.2, 0.25) is 0 Å². The van der Waals surface area contributed by atoms with E-state index in [1.807, 2.05) is 6.07 Å². The highest BCUT2D eigenvalue weighted by molar-refractivity contribution is 9.10. The molecule has 1 aromatic rings. The molecule has 3 aliphatic rings. The molecule has 3 aliphatic heterocycles. The molecule has 0 aliphatic carbocycles. The van der Waals surface area contributed by atoms with Crippen LogP contribution in [0.1, 0.15) is 31.4 Å². The van der Waals surface area contributed by atoms with Gasteiger partial charge in [-0.1, -0.05) is 15.9 Å². The minimum absolute atomic E-state index is 0.0584. The maximum atomic E-state index is 13.9. The lowest BCUT2D eigenvalue weighted by molar-refractivity contribution is 0.0678. The first-order valence-electron chi connectivity index (χ1n) is 7.07. The topological polar surface area (TPSA) is 15.3 Å². The summed E-state index contributed by atoms with van der Waals surface area (Å²) in [6.07, 6.45) is 2.57. The molecule has 19 heavy (non-hydrogen) atoms. The Morgan fingerprint density at radius 1 is 1.37 bits per heavy atom. The molecule has 1 N–H and O–H groups in total. The third kappa shape index (κ3) is 2.86. The van der Waals surface area contributed by atoms with Crippen molar-refractivity contribution in [3.63, 3.8) is 0 Å². The lowest BCUT2D eigenvalue weighted by Crippen LogP contribution is -2.56. The Kier molecular flexibility index (Phi) is 3.92. The zero-order valence-corrected chi connectivity index (χ0v) is 12.8. The van der Waals surface area contributed by atoms with Gasteiger partial charge in [-0.3, -0.25) is 0 Å². The molecule has 2 unspecified atom stereocenters. The molecule has 2 atom stereocenters. The summed E-state index contributed by atoms with van der Waals surface area (Å²) in [5, 5.41) is 3.63. The number of hydrogen-bond acceptors (Lipinski definition) is 2. The molecule has 0 amide bonds. The summed E-state index contributed by atoms with van der Waals surface area (Å²) in [5.41, 5.74) is 0.755. The van der Waals surface area contributed by atoms with Crippen molar-refractivity contribution in [1.82, 2.24) is 10.2 Å². The van der Waals surface area contributed by atoms with Gasteiger partial charge in [0, 0.05) is 28.7 Å². The number of nitrogens with zero attached hydrogens (tertiary/aromatic N) is 1. The van der Waals surface area contributed by atoms with Crippen LogP contribution in [-0.4, -0.2) is 30.6 Å². The van der Waals surface area contributed by atoms with E-state index >= 15 is 0 Å². The second kappa shape index (κ2) is 5.51. The highest BCUT2D eigenvalue weighted by atomic mass is 79.9. The summed E-state index contributed by atoms with van der Waals surface area (Å²) >= 11 is 3.42. The van der Waals surface area contributed by atoms with Gasteiger partial charge in [-0.05, 0) is 57.0 Å². The van der Waals surface area contributed by atoms with Crippen LogP contribution in [0.25, 0.3) is 0 Å². The average Bonchev–Trinajstić information content (AvgIpc) is 2.43. The first-order chi connectivity index (χ1) is 9.13. The summed E-state index contributed by atoms with van der Waals surface area (Å²) in [6.45, 7) is 5.65. The normalized spacial score (nSPS) is 31.4. The standard InChI is InChI=1S/C15H20BrFN2/c1-10(13-8-12(16)2-3-14(13)17)18-15-9-19-6-4-11(15)5-7-19/h2-3,8,10-11,15,18H,4-7,9H2,1H3. The molecule has 4 rings (SSSR count). The molecule has 0 radical (unpaired) electrons. The molecule has 3 saturated heterocycles. The molecular weight excluding hydrogens is 307 g/mol. The summed E-state index contributed by atoms with van der Waals surface area (Å²) in [5.74, 6) is 0.645. The van der Waals surface area contributed by atoms with Crippen LogP contribution < -0.4 is 5.32 Å². The van der Waals surface area contributed by atoms with E-state index in [0.717, 1.165) is 22.5 Å². The van der Waals surface area contributed by atoms with Crippen LogP contribution in [0.3, 0.4) is 0 Å². The third-order valence-corrected chi connectivity index (χ3v) is 5.04. The van der Waals surface area contributed by atoms with Gasteiger partial charge >= 0.3 is 0 Å². The Morgan fingerprint density at radius 2 is 2.11 bits per heavy atom. The van der Waals surface area contributed by atoms with Gasteiger partial charge in [0.1, 0.15) is 5.82 Å². The molecule has 0 saturated carbocycles. The molecule has 3 fully saturated rings. The average molecular weight is 327 g/mol. The van der Waals surface area contributed by atoms with E-state index in [0.29, 0.717) is 6.04 Å². The number of benzene rings is 1. The van der Waals surface area contributed by atoms with Crippen LogP contribution in [0.2, 0.25) is 0 Å². The predicted molar refractivity (Wildman–Crippen MR) is 78.6 cm³/mol. The van der Waals surface area contributed by atoms with E-state index in [-0.39, 0.29) is 11.9 Å². The second-order valence-corrected chi connectivity index (χ2v) is 6.71. The number of halogens is 2. The van der Waals surface area contributed by atoms with Gasteiger partial charge in [0.25, 0.3) is 0 Å². The highest BCUT2D eigenvalue weighted by Gasteiger charge is 2.34. The van der Waals surface area contributed by atoms with Crippen LogP contribution in [0, 0.1) is 11.7 Å². The van der Waals surface area contributed by atoms with Crippen molar-refractivity contribution < 1.29 is 4.39 Å². The fourth-order valence-electron chi connectivity index (χ4n) is 3.41. The van der Waals surface area contributed by atoms with Crippen molar-refractivity contribution >= 4 is 15.9 Å². The van der Waals surface area contributed by atoms with Gasteiger partial charge < -0.3 is 10.2 Å². The van der Waals surface area contributed by atoms with Gasteiger partial charge in [0.15, 0.2) is 0 Å². The summed E-state index contributed by atoms with van der Waals surface area (Å²) < 4.78 is 14.8. The minimum atomic E-state index is -0.121. The zero-order valence-electron chi connectivity index (χ0n) is 11.2. The smallest absolute Gasteiger partial charge is 0.128 e. The molecular formula is C15H20BrFN2. The number of piperidine rings is 3. The number of hydrogen-bond donors (Lipinski definition) is 1. The fourth-order valence-corrected chi connectivity index (χ4v) is 3.79. The maximum Gasteiger partial charge on any atom is 0.128 e. The molecule has 3 heterocycles. The molecule has 0 spiro atoms. The van der Waals surface area contributed by atoms with Gasteiger partial charge in [0.05, 0.1) is 0 Å². The molecule has 2 nitrogen and oxygen atoms in total. The SMILES string of the molecule is CC(NC1CN2CCC1CC2)c1cc(Br)ccc1F. The fraction of sp³-hybridized carbons (Fsp3) is 0.600. The van der Waals surface area contributed by atoms with E-state index in [1.165, 1.54) is 32.0 Å².